The lowest BCUT2D eigenvalue weighted by atomic mass is 9.87. The van der Waals surface area contributed by atoms with E-state index >= 15 is 0 Å². The number of anilines is 1. The molecule has 0 aliphatic carbocycles. The second-order valence-electron chi connectivity index (χ2n) is 8.02. The summed E-state index contributed by atoms with van der Waals surface area (Å²) >= 11 is 6.34. The Bertz CT molecular complexity index is 871. The summed E-state index contributed by atoms with van der Waals surface area (Å²) in [4.78, 5) is 15.5. The number of quaternary nitrogens is 1. The van der Waals surface area contributed by atoms with Crippen LogP contribution < -0.4 is 28.9 Å². The summed E-state index contributed by atoms with van der Waals surface area (Å²) in [6.07, 6.45) is 1.03. The second-order valence-corrected chi connectivity index (χ2v) is 8.43. The molecule has 4 rings (SSSR count). The predicted molar refractivity (Wildman–Crippen MR) is 107 cm³/mol. The Labute approximate surface area is 183 Å². The molecule has 2 aliphatic heterocycles. The number of halogens is 2. The number of hydrogen-bond acceptors (Lipinski definition) is 1. The molecule has 3 nitrogen and oxygen atoms in total. The Morgan fingerprint density at radius 2 is 2.00 bits per heavy atom. The minimum atomic E-state index is 0. The van der Waals surface area contributed by atoms with E-state index in [1.807, 2.05) is 23.1 Å². The number of amides is 1. The third-order valence-electron chi connectivity index (χ3n) is 6.33. The molecule has 3 unspecified atom stereocenters. The van der Waals surface area contributed by atoms with Gasteiger partial charge in [-0.2, -0.15) is 0 Å². The van der Waals surface area contributed by atoms with E-state index in [2.05, 4.69) is 39.1 Å². The molecule has 0 radical (unpaired) electrons. The minimum absolute atomic E-state index is 0. The van der Waals surface area contributed by atoms with Crippen molar-refractivity contribution in [3.8, 4) is 0 Å². The van der Waals surface area contributed by atoms with E-state index in [1.54, 1.807) is 6.07 Å². The highest BCUT2D eigenvalue weighted by atomic mass is 127. The van der Waals surface area contributed by atoms with Crippen LogP contribution in [0.25, 0.3) is 0 Å². The first-order valence-corrected chi connectivity index (χ1v) is 9.83. The number of fused-ring (bicyclic) bond motifs is 3. The first kappa shape index (κ1) is 20.6. The smallest absolute Gasteiger partial charge is 0.260 e. The van der Waals surface area contributed by atoms with Gasteiger partial charge in [-0.15, -0.1) is 0 Å². The molecule has 1 saturated heterocycles. The van der Waals surface area contributed by atoms with Gasteiger partial charge in [0.2, 0.25) is 0 Å². The minimum Gasteiger partial charge on any atom is -1.00 e. The number of carbonyl (C=O) groups is 1. The number of rotatable bonds is 2. The van der Waals surface area contributed by atoms with Crippen LogP contribution >= 0.6 is 11.6 Å². The third kappa shape index (κ3) is 3.52. The van der Waals surface area contributed by atoms with Crippen LogP contribution in [0.3, 0.4) is 0 Å². The molecule has 0 bridgehead atoms. The van der Waals surface area contributed by atoms with Gasteiger partial charge in [-0.05, 0) is 37.6 Å². The lowest BCUT2D eigenvalue weighted by Gasteiger charge is -2.43. The highest BCUT2D eigenvalue weighted by Crippen LogP contribution is 2.47. The molecule has 2 aromatic carbocycles. The van der Waals surface area contributed by atoms with Crippen LogP contribution in [0, 0.1) is 6.92 Å². The zero-order valence-corrected chi connectivity index (χ0v) is 19.0. The molecule has 2 aromatic rings. The van der Waals surface area contributed by atoms with Crippen molar-refractivity contribution < 1.29 is 33.3 Å². The average molecular weight is 497 g/mol. The van der Waals surface area contributed by atoms with E-state index in [1.165, 1.54) is 11.1 Å². The molecule has 2 aliphatic rings. The lowest BCUT2D eigenvalue weighted by molar-refractivity contribution is -0.913. The van der Waals surface area contributed by atoms with Gasteiger partial charge in [-0.25, -0.2) is 0 Å². The van der Waals surface area contributed by atoms with Gasteiger partial charge in [-0.3, -0.25) is 4.79 Å². The number of nitrogens with zero attached hydrogens (tertiary/aromatic N) is 2. The lowest BCUT2D eigenvalue weighted by Crippen LogP contribution is -3.00. The first-order chi connectivity index (χ1) is 12.4. The van der Waals surface area contributed by atoms with Crippen molar-refractivity contribution in [2.75, 3.05) is 31.6 Å². The van der Waals surface area contributed by atoms with Gasteiger partial charge in [0, 0.05) is 12.1 Å². The van der Waals surface area contributed by atoms with Crippen LogP contribution in [0.15, 0.2) is 42.5 Å². The molecule has 3 atom stereocenters. The molecule has 5 heteroatoms. The predicted octanol–water partition coefficient (Wildman–Crippen LogP) is 1.64. The van der Waals surface area contributed by atoms with Crippen molar-refractivity contribution in [1.82, 2.24) is 0 Å². The number of likely N-dealkylation sites (tertiary alicyclic amines) is 1. The topological polar surface area (TPSA) is 20.3 Å². The molecule has 1 amide bonds. The van der Waals surface area contributed by atoms with Crippen molar-refractivity contribution in [2.24, 2.45) is 0 Å². The maximum Gasteiger partial charge on any atom is 0.260 e. The van der Waals surface area contributed by atoms with E-state index in [4.69, 9.17) is 11.6 Å². The van der Waals surface area contributed by atoms with Crippen molar-refractivity contribution in [2.45, 2.75) is 32.2 Å². The zero-order valence-electron chi connectivity index (χ0n) is 16.1. The van der Waals surface area contributed by atoms with E-state index in [-0.39, 0.29) is 35.9 Å². The maximum absolute atomic E-state index is 13.4. The molecule has 0 aromatic heterocycles. The number of likely N-dealkylation sites (N-methyl/N-ethyl adjacent to an activating group) is 1. The van der Waals surface area contributed by atoms with E-state index in [0.717, 1.165) is 36.2 Å². The summed E-state index contributed by atoms with van der Waals surface area (Å²) in [5.74, 6) is 0.427. The van der Waals surface area contributed by atoms with Gasteiger partial charge >= 0.3 is 0 Å². The summed E-state index contributed by atoms with van der Waals surface area (Å²) in [7, 11) is 2.34. The van der Waals surface area contributed by atoms with Gasteiger partial charge in [0.25, 0.3) is 5.91 Å². The van der Waals surface area contributed by atoms with E-state index in [0.29, 0.717) is 16.5 Å². The fourth-order valence-electron chi connectivity index (χ4n) is 4.63. The molecular formula is C22H26ClIN2O. The van der Waals surface area contributed by atoms with Crippen LogP contribution in [0.5, 0.6) is 0 Å². The summed E-state index contributed by atoms with van der Waals surface area (Å²) in [6, 6.07) is 14.1. The zero-order chi connectivity index (χ0) is 18.5. The second kappa shape index (κ2) is 7.72. The molecular weight excluding hydrogens is 471 g/mol. The average Bonchev–Trinajstić information content (AvgIpc) is 2.94. The molecule has 0 saturated carbocycles. The van der Waals surface area contributed by atoms with Crippen LogP contribution in [0.2, 0.25) is 5.02 Å². The normalized spacial score (nSPS) is 26.1. The Morgan fingerprint density at radius 1 is 1.26 bits per heavy atom. The molecule has 1 fully saturated rings. The maximum atomic E-state index is 13.4. The van der Waals surface area contributed by atoms with Crippen molar-refractivity contribution >= 4 is 23.2 Å². The van der Waals surface area contributed by atoms with Gasteiger partial charge < -0.3 is 33.4 Å². The van der Waals surface area contributed by atoms with Crippen LogP contribution in [-0.2, 0) is 0 Å². The largest absolute Gasteiger partial charge is 1.00 e. The Balaban J connectivity index is 0.00000210. The molecule has 2 heterocycles. The molecule has 0 spiro atoms. The number of aryl methyl sites for hydroxylation is 1. The first-order valence-electron chi connectivity index (χ1n) is 9.46. The van der Waals surface area contributed by atoms with Crippen LogP contribution in [-0.4, -0.2) is 43.1 Å². The highest BCUT2D eigenvalue weighted by Gasteiger charge is 2.48. The monoisotopic (exact) mass is 496 g/mol. The highest BCUT2D eigenvalue weighted by molar-refractivity contribution is 6.34. The quantitative estimate of drug-likeness (QED) is 0.457. The van der Waals surface area contributed by atoms with Gasteiger partial charge in [0.1, 0.15) is 0 Å². The third-order valence-corrected chi connectivity index (χ3v) is 6.66. The molecule has 27 heavy (non-hydrogen) atoms. The summed E-state index contributed by atoms with van der Waals surface area (Å²) in [5.41, 5.74) is 4.25. The van der Waals surface area contributed by atoms with Crippen molar-refractivity contribution in [1.29, 1.82) is 0 Å². The molecule has 0 N–H and O–H groups in total. The van der Waals surface area contributed by atoms with E-state index in [9.17, 15) is 4.79 Å². The summed E-state index contributed by atoms with van der Waals surface area (Å²) in [6.45, 7) is 7.72. The Kier molecular flexibility index (Phi) is 5.90. The van der Waals surface area contributed by atoms with Crippen LogP contribution in [0.1, 0.15) is 40.7 Å². The Morgan fingerprint density at radius 3 is 2.70 bits per heavy atom. The Hall–Kier alpha value is -1.11. The number of benzene rings is 2. The number of hydrogen-bond donors (Lipinski definition) is 0. The van der Waals surface area contributed by atoms with Crippen molar-refractivity contribution in [3.05, 3.63) is 64.2 Å². The summed E-state index contributed by atoms with van der Waals surface area (Å²) < 4.78 is 1.07. The SMILES string of the molecule is CC[N+]1(C)CCC2C(C1)c1cc(C)ccc1N2C(=O)c1ccccc1Cl.[I-]. The van der Waals surface area contributed by atoms with Gasteiger partial charge in [-0.1, -0.05) is 41.4 Å². The fraction of sp³-hybridized carbons (Fsp3) is 0.409. The van der Waals surface area contributed by atoms with Gasteiger partial charge in [0.05, 0.1) is 49.2 Å². The van der Waals surface area contributed by atoms with E-state index < -0.39 is 0 Å². The standard InChI is InChI=1S/C22H26ClN2O.HI/c1-4-25(3)12-11-21-18(14-25)17-13-15(2)9-10-20(17)24(21)22(26)16-7-5-6-8-19(16)23;/h5-10,13,18,21H,4,11-12,14H2,1-3H3;1H/q+1;/p-1. The number of piperidine rings is 1. The van der Waals surface area contributed by atoms with Gasteiger partial charge in [0.15, 0.2) is 0 Å². The molecule has 144 valence electrons. The van der Waals surface area contributed by atoms with Crippen LogP contribution in [0.4, 0.5) is 5.69 Å². The number of carbonyl (C=O) groups excluding carboxylic acids is 1. The summed E-state index contributed by atoms with van der Waals surface area (Å²) in [5, 5.41) is 0.527. The fourth-order valence-corrected chi connectivity index (χ4v) is 4.84. The van der Waals surface area contributed by atoms with Crippen molar-refractivity contribution in [3.63, 3.8) is 0 Å².